The second-order valence-electron chi connectivity index (χ2n) is 6.03. The summed E-state index contributed by atoms with van der Waals surface area (Å²) in [6.45, 7) is 1.19. The highest BCUT2D eigenvalue weighted by Crippen LogP contribution is 2.31. The van der Waals surface area contributed by atoms with Gasteiger partial charge in [0, 0.05) is 31.6 Å². The Bertz CT molecular complexity index is 755. The maximum atomic E-state index is 12.8. The average molecular weight is 369 g/mol. The summed E-state index contributed by atoms with van der Waals surface area (Å²) in [6.07, 6.45) is -2.08. The number of rotatable bonds is 6. The van der Waals surface area contributed by atoms with E-state index in [2.05, 4.69) is 15.5 Å². The first-order chi connectivity index (χ1) is 12.4. The number of hydrogen-bond acceptors (Lipinski definition) is 5. The molecule has 1 aliphatic heterocycles. The molecule has 2 heterocycles. The molecule has 1 aromatic carbocycles. The van der Waals surface area contributed by atoms with E-state index in [1.54, 1.807) is 0 Å². The monoisotopic (exact) mass is 369 g/mol. The summed E-state index contributed by atoms with van der Waals surface area (Å²) in [5.74, 6) is 0.0925. The number of ether oxygens (including phenoxy) is 1. The molecule has 3 rings (SSSR count). The summed E-state index contributed by atoms with van der Waals surface area (Å²) in [5.41, 5.74) is -0.576. The summed E-state index contributed by atoms with van der Waals surface area (Å²) in [6, 6.07) is 4.69. The molecular formula is C17H18F3N3O3. The third-order valence-electron chi connectivity index (χ3n) is 4.03. The zero-order chi connectivity index (χ0) is 18.6. The largest absolute Gasteiger partial charge is 0.416 e. The van der Waals surface area contributed by atoms with E-state index < -0.39 is 11.7 Å². The van der Waals surface area contributed by atoms with Crippen LogP contribution >= 0.6 is 0 Å². The van der Waals surface area contributed by atoms with E-state index in [1.807, 2.05) is 0 Å². The van der Waals surface area contributed by atoms with Crippen LogP contribution in [0.25, 0.3) is 11.4 Å². The topological polar surface area (TPSA) is 77.2 Å². The molecule has 9 heteroatoms. The van der Waals surface area contributed by atoms with Crippen LogP contribution in [0.2, 0.25) is 0 Å². The molecule has 1 fully saturated rings. The summed E-state index contributed by atoms with van der Waals surface area (Å²) in [7, 11) is 0. The second-order valence-corrected chi connectivity index (χ2v) is 6.03. The van der Waals surface area contributed by atoms with Crippen molar-refractivity contribution >= 4 is 5.91 Å². The van der Waals surface area contributed by atoms with E-state index in [-0.39, 0.29) is 42.1 Å². The number of halogens is 3. The number of aromatic nitrogens is 2. The molecule has 0 radical (unpaired) electrons. The number of carbonyl (C=O) groups is 1. The van der Waals surface area contributed by atoms with Crippen molar-refractivity contribution in [3.8, 4) is 11.4 Å². The van der Waals surface area contributed by atoms with Crippen molar-refractivity contribution < 1.29 is 27.2 Å². The Kier molecular flexibility index (Phi) is 5.55. The highest BCUT2D eigenvalue weighted by molar-refractivity contribution is 5.76. The predicted octanol–water partition coefficient (Wildman–Crippen LogP) is 2.98. The van der Waals surface area contributed by atoms with Crippen molar-refractivity contribution in [2.24, 2.45) is 0 Å². The van der Waals surface area contributed by atoms with Crippen LogP contribution in [-0.4, -0.2) is 35.3 Å². The van der Waals surface area contributed by atoms with E-state index in [9.17, 15) is 18.0 Å². The SMILES string of the molecule is O=C(CCc1nc(-c2cccc(C(F)(F)F)c2)no1)NCC1CCCO1. The third kappa shape index (κ3) is 4.81. The lowest BCUT2D eigenvalue weighted by Crippen LogP contribution is -2.31. The average Bonchev–Trinajstić information content (AvgIpc) is 3.29. The van der Waals surface area contributed by atoms with Gasteiger partial charge in [0.15, 0.2) is 0 Å². The Labute approximate surface area is 147 Å². The molecule has 0 spiro atoms. The number of amides is 1. The molecule has 0 saturated carbocycles. The van der Waals surface area contributed by atoms with E-state index in [0.29, 0.717) is 6.54 Å². The molecular weight excluding hydrogens is 351 g/mol. The molecule has 1 aliphatic rings. The molecule has 6 nitrogen and oxygen atoms in total. The summed E-state index contributed by atoms with van der Waals surface area (Å²) >= 11 is 0. The Hall–Kier alpha value is -2.42. The quantitative estimate of drug-likeness (QED) is 0.847. The van der Waals surface area contributed by atoms with Crippen LogP contribution in [0.3, 0.4) is 0 Å². The number of hydrogen-bond donors (Lipinski definition) is 1. The molecule has 1 N–H and O–H groups in total. The van der Waals surface area contributed by atoms with Crippen LogP contribution in [0, 0.1) is 0 Å². The number of alkyl halides is 3. The predicted molar refractivity (Wildman–Crippen MR) is 85.0 cm³/mol. The summed E-state index contributed by atoms with van der Waals surface area (Å²) in [4.78, 5) is 15.9. The Morgan fingerprint density at radius 1 is 1.35 bits per heavy atom. The van der Waals surface area contributed by atoms with Crippen LogP contribution in [0.4, 0.5) is 13.2 Å². The van der Waals surface area contributed by atoms with Gasteiger partial charge in [-0.1, -0.05) is 17.3 Å². The van der Waals surface area contributed by atoms with Crippen molar-refractivity contribution in [3.63, 3.8) is 0 Å². The summed E-state index contributed by atoms with van der Waals surface area (Å²) < 4.78 is 48.7. The maximum absolute atomic E-state index is 12.8. The Balaban J connectivity index is 1.54. The molecule has 0 aliphatic carbocycles. The molecule has 1 amide bonds. The lowest BCUT2D eigenvalue weighted by atomic mass is 10.1. The van der Waals surface area contributed by atoms with Crippen LogP contribution < -0.4 is 5.32 Å². The van der Waals surface area contributed by atoms with Gasteiger partial charge in [-0.2, -0.15) is 18.2 Å². The third-order valence-corrected chi connectivity index (χ3v) is 4.03. The minimum absolute atomic E-state index is 0.0610. The zero-order valence-corrected chi connectivity index (χ0v) is 13.9. The van der Waals surface area contributed by atoms with Gasteiger partial charge in [-0.15, -0.1) is 0 Å². The van der Waals surface area contributed by atoms with E-state index in [1.165, 1.54) is 12.1 Å². The summed E-state index contributed by atoms with van der Waals surface area (Å²) in [5, 5.41) is 6.47. The fourth-order valence-electron chi connectivity index (χ4n) is 2.65. The molecule has 1 aromatic heterocycles. The van der Waals surface area contributed by atoms with Gasteiger partial charge in [-0.05, 0) is 25.0 Å². The van der Waals surface area contributed by atoms with Crippen molar-refractivity contribution in [1.82, 2.24) is 15.5 Å². The van der Waals surface area contributed by atoms with Gasteiger partial charge in [0.05, 0.1) is 11.7 Å². The number of nitrogens with one attached hydrogen (secondary N) is 1. The number of nitrogens with zero attached hydrogens (tertiary/aromatic N) is 2. The number of carbonyl (C=O) groups excluding carboxylic acids is 1. The minimum Gasteiger partial charge on any atom is -0.376 e. The lowest BCUT2D eigenvalue weighted by molar-refractivity contribution is -0.137. The van der Waals surface area contributed by atoms with E-state index in [4.69, 9.17) is 9.26 Å². The van der Waals surface area contributed by atoms with Gasteiger partial charge in [0.1, 0.15) is 0 Å². The molecule has 26 heavy (non-hydrogen) atoms. The Morgan fingerprint density at radius 2 is 2.19 bits per heavy atom. The smallest absolute Gasteiger partial charge is 0.376 e. The lowest BCUT2D eigenvalue weighted by Gasteiger charge is -2.09. The zero-order valence-electron chi connectivity index (χ0n) is 13.9. The van der Waals surface area contributed by atoms with Gasteiger partial charge < -0.3 is 14.6 Å². The molecule has 1 atom stereocenters. The highest BCUT2D eigenvalue weighted by atomic mass is 19.4. The fraction of sp³-hybridized carbons (Fsp3) is 0.471. The maximum Gasteiger partial charge on any atom is 0.416 e. The van der Waals surface area contributed by atoms with Gasteiger partial charge in [0.2, 0.25) is 17.6 Å². The van der Waals surface area contributed by atoms with Crippen LogP contribution in [0.5, 0.6) is 0 Å². The normalized spacial score (nSPS) is 17.4. The molecule has 140 valence electrons. The van der Waals surface area contributed by atoms with Crippen LogP contribution in [0.1, 0.15) is 30.7 Å². The van der Waals surface area contributed by atoms with Gasteiger partial charge in [-0.3, -0.25) is 4.79 Å². The van der Waals surface area contributed by atoms with Gasteiger partial charge in [-0.25, -0.2) is 0 Å². The molecule has 0 bridgehead atoms. The van der Waals surface area contributed by atoms with E-state index >= 15 is 0 Å². The molecule has 2 aromatic rings. The van der Waals surface area contributed by atoms with Crippen molar-refractivity contribution in [2.45, 2.75) is 38.0 Å². The van der Waals surface area contributed by atoms with Crippen molar-refractivity contribution in [2.75, 3.05) is 13.2 Å². The first-order valence-electron chi connectivity index (χ1n) is 8.30. The standard InChI is InChI=1S/C17H18F3N3O3/c18-17(19,20)12-4-1-3-11(9-12)16-22-15(26-23-16)7-6-14(24)21-10-13-5-2-8-25-13/h1,3-4,9,13H,2,5-8,10H2,(H,21,24). The van der Waals surface area contributed by atoms with Crippen LogP contribution in [-0.2, 0) is 22.1 Å². The number of aryl methyl sites for hydroxylation is 1. The van der Waals surface area contributed by atoms with Gasteiger partial charge in [0.25, 0.3) is 0 Å². The first kappa shape index (κ1) is 18.4. The highest BCUT2D eigenvalue weighted by Gasteiger charge is 2.30. The minimum atomic E-state index is -4.44. The fourth-order valence-corrected chi connectivity index (χ4v) is 2.65. The molecule has 1 unspecified atom stereocenters. The molecule has 1 saturated heterocycles. The Morgan fingerprint density at radius 3 is 2.92 bits per heavy atom. The van der Waals surface area contributed by atoms with Crippen molar-refractivity contribution in [1.29, 1.82) is 0 Å². The first-order valence-corrected chi connectivity index (χ1v) is 8.30. The van der Waals surface area contributed by atoms with Gasteiger partial charge >= 0.3 is 6.18 Å². The van der Waals surface area contributed by atoms with Crippen LogP contribution in [0.15, 0.2) is 28.8 Å². The van der Waals surface area contributed by atoms with Crippen molar-refractivity contribution in [3.05, 3.63) is 35.7 Å². The second kappa shape index (κ2) is 7.86. The van der Waals surface area contributed by atoms with E-state index in [0.717, 1.165) is 31.6 Å². The number of benzene rings is 1.